The Kier molecular flexibility index (Phi) is 3.21. The van der Waals surface area contributed by atoms with Crippen molar-refractivity contribution in [1.29, 1.82) is 0 Å². The van der Waals surface area contributed by atoms with Crippen LogP contribution in [0.5, 0.6) is 0 Å². The van der Waals surface area contributed by atoms with Crippen molar-refractivity contribution in [2.24, 2.45) is 0 Å². The Bertz CT molecular complexity index is 385. The summed E-state index contributed by atoms with van der Waals surface area (Å²) in [6.07, 6.45) is 1.11. The minimum absolute atomic E-state index is 0.147. The summed E-state index contributed by atoms with van der Waals surface area (Å²) in [4.78, 5) is 4.06. The third kappa shape index (κ3) is 2.15. The van der Waals surface area contributed by atoms with Crippen molar-refractivity contribution in [3.63, 3.8) is 0 Å². The maximum absolute atomic E-state index is 5.67. The topological polar surface area (TPSA) is 21.7 Å². The molecule has 17 heavy (non-hydrogen) atoms. The van der Waals surface area contributed by atoms with Gasteiger partial charge in [-0.1, -0.05) is 0 Å². The van der Waals surface area contributed by atoms with Gasteiger partial charge in [-0.2, -0.15) is 0 Å². The highest BCUT2D eigenvalue weighted by molar-refractivity contribution is 7.10. The fourth-order valence-corrected chi connectivity index (χ4v) is 3.63. The first-order chi connectivity index (χ1) is 8.30. The van der Waals surface area contributed by atoms with Crippen LogP contribution in [0.1, 0.15) is 16.9 Å². The van der Waals surface area contributed by atoms with Gasteiger partial charge in [-0.05, 0) is 30.4 Å². The molecule has 0 radical (unpaired) electrons. The van der Waals surface area contributed by atoms with Gasteiger partial charge >= 0.3 is 0 Å². The molecule has 0 aromatic carbocycles. The Labute approximate surface area is 106 Å². The molecule has 0 bridgehead atoms. The van der Waals surface area contributed by atoms with E-state index in [0.29, 0.717) is 0 Å². The van der Waals surface area contributed by atoms with Gasteiger partial charge in [0, 0.05) is 24.6 Å². The summed E-state index contributed by atoms with van der Waals surface area (Å²) in [6.45, 7) is 7.67. The number of morpholine rings is 1. The van der Waals surface area contributed by atoms with E-state index in [1.165, 1.54) is 10.4 Å². The number of rotatable bonds is 2. The van der Waals surface area contributed by atoms with E-state index in [4.69, 9.17) is 9.47 Å². The zero-order valence-corrected chi connectivity index (χ0v) is 11.1. The van der Waals surface area contributed by atoms with Crippen molar-refractivity contribution >= 4 is 11.3 Å². The highest BCUT2D eigenvalue weighted by Crippen LogP contribution is 2.32. The predicted octanol–water partition coefficient (Wildman–Crippen LogP) is 2.05. The van der Waals surface area contributed by atoms with Gasteiger partial charge in [0.25, 0.3) is 0 Å². The van der Waals surface area contributed by atoms with E-state index in [1.54, 1.807) is 0 Å². The molecule has 2 aliphatic heterocycles. The number of hydrogen-bond donors (Lipinski definition) is 0. The van der Waals surface area contributed by atoms with Crippen LogP contribution in [-0.4, -0.2) is 43.4 Å². The first-order valence-electron chi connectivity index (χ1n) is 6.24. The average molecular weight is 253 g/mol. The molecule has 0 amide bonds. The quantitative estimate of drug-likeness (QED) is 0.805. The molecule has 3 rings (SSSR count). The first kappa shape index (κ1) is 11.7. The molecular formula is C13H19NO2S. The smallest absolute Gasteiger partial charge is 0.0704 e. The Morgan fingerprint density at radius 1 is 1.35 bits per heavy atom. The lowest BCUT2D eigenvalue weighted by Crippen LogP contribution is -2.56. The second-order valence-corrected chi connectivity index (χ2v) is 6.03. The molecule has 2 fully saturated rings. The van der Waals surface area contributed by atoms with Crippen molar-refractivity contribution in [1.82, 2.24) is 4.90 Å². The van der Waals surface area contributed by atoms with Crippen LogP contribution in [0.25, 0.3) is 0 Å². The van der Waals surface area contributed by atoms with Crippen LogP contribution in [0.2, 0.25) is 0 Å². The van der Waals surface area contributed by atoms with E-state index in [-0.39, 0.29) is 5.54 Å². The highest BCUT2D eigenvalue weighted by atomic mass is 32.1. The lowest BCUT2D eigenvalue weighted by atomic mass is 9.95. The second kappa shape index (κ2) is 4.69. The molecule has 3 heterocycles. The summed E-state index contributed by atoms with van der Waals surface area (Å²) in [5, 5.41) is 2.18. The van der Waals surface area contributed by atoms with Gasteiger partial charge in [0.15, 0.2) is 0 Å². The fourth-order valence-electron chi connectivity index (χ4n) is 2.71. The minimum Gasteiger partial charge on any atom is -0.379 e. The molecule has 1 aromatic rings. The van der Waals surface area contributed by atoms with Crippen molar-refractivity contribution in [2.75, 3.05) is 33.0 Å². The normalized spacial score (nSPS) is 30.2. The molecule has 0 saturated carbocycles. The van der Waals surface area contributed by atoms with Crippen LogP contribution in [0, 0.1) is 6.92 Å². The summed E-state index contributed by atoms with van der Waals surface area (Å²) in [6, 6.07) is 2.21. The zero-order valence-electron chi connectivity index (χ0n) is 10.3. The summed E-state index contributed by atoms with van der Waals surface area (Å²) >= 11 is 1.86. The SMILES string of the molecule is Cc1ccsc1CN1CCOCC12CCOC2. The predicted molar refractivity (Wildman–Crippen MR) is 68.5 cm³/mol. The minimum atomic E-state index is 0.147. The van der Waals surface area contributed by atoms with Crippen molar-refractivity contribution in [3.05, 3.63) is 21.9 Å². The summed E-state index contributed by atoms with van der Waals surface area (Å²) < 4.78 is 11.3. The molecule has 4 heteroatoms. The van der Waals surface area contributed by atoms with E-state index in [9.17, 15) is 0 Å². The fraction of sp³-hybridized carbons (Fsp3) is 0.692. The van der Waals surface area contributed by atoms with Gasteiger partial charge < -0.3 is 9.47 Å². The second-order valence-electron chi connectivity index (χ2n) is 5.03. The molecule has 3 nitrogen and oxygen atoms in total. The number of thiophene rings is 1. The van der Waals surface area contributed by atoms with Gasteiger partial charge in [0.2, 0.25) is 0 Å². The van der Waals surface area contributed by atoms with Gasteiger partial charge in [-0.3, -0.25) is 4.90 Å². The molecule has 1 unspecified atom stereocenters. The van der Waals surface area contributed by atoms with Gasteiger partial charge in [0.05, 0.1) is 25.4 Å². The molecule has 1 spiro atoms. The molecule has 94 valence electrons. The van der Waals surface area contributed by atoms with E-state index in [1.807, 2.05) is 11.3 Å². The molecule has 0 N–H and O–H groups in total. The Morgan fingerprint density at radius 2 is 2.18 bits per heavy atom. The third-order valence-corrected chi connectivity index (χ3v) is 4.94. The molecule has 0 aliphatic carbocycles. The van der Waals surface area contributed by atoms with E-state index >= 15 is 0 Å². The maximum atomic E-state index is 5.67. The monoisotopic (exact) mass is 253 g/mol. The summed E-state index contributed by atoms with van der Waals surface area (Å²) in [5.41, 5.74) is 1.56. The van der Waals surface area contributed by atoms with Crippen molar-refractivity contribution < 1.29 is 9.47 Å². The molecule has 1 atom stereocenters. The molecule has 2 aliphatic rings. The van der Waals surface area contributed by atoms with Gasteiger partial charge in [-0.25, -0.2) is 0 Å². The highest BCUT2D eigenvalue weighted by Gasteiger charge is 2.43. The standard InChI is InChI=1S/C13H19NO2S/c1-11-2-7-17-12(11)8-14-4-6-16-10-13(14)3-5-15-9-13/h2,7H,3-6,8-10H2,1H3. The maximum Gasteiger partial charge on any atom is 0.0704 e. The van der Waals surface area contributed by atoms with Crippen LogP contribution in [0.15, 0.2) is 11.4 Å². The summed E-state index contributed by atoms with van der Waals surface area (Å²) in [7, 11) is 0. The number of aryl methyl sites for hydroxylation is 1. The molecule has 2 saturated heterocycles. The van der Waals surface area contributed by atoms with Crippen LogP contribution < -0.4 is 0 Å². The van der Waals surface area contributed by atoms with Crippen molar-refractivity contribution in [2.45, 2.75) is 25.4 Å². The van der Waals surface area contributed by atoms with Crippen molar-refractivity contribution in [3.8, 4) is 0 Å². The van der Waals surface area contributed by atoms with Gasteiger partial charge in [0.1, 0.15) is 0 Å². The van der Waals surface area contributed by atoms with Crippen LogP contribution in [-0.2, 0) is 16.0 Å². The molecule has 1 aromatic heterocycles. The van der Waals surface area contributed by atoms with E-state index in [2.05, 4.69) is 23.3 Å². The Hall–Kier alpha value is -0.420. The number of nitrogens with zero attached hydrogens (tertiary/aromatic N) is 1. The lowest BCUT2D eigenvalue weighted by molar-refractivity contribution is -0.0745. The van der Waals surface area contributed by atoms with Crippen LogP contribution in [0.4, 0.5) is 0 Å². The van der Waals surface area contributed by atoms with E-state index < -0.39 is 0 Å². The largest absolute Gasteiger partial charge is 0.379 e. The lowest BCUT2D eigenvalue weighted by Gasteiger charge is -2.43. The summed E-state index contributed by atoms with van der Waals surface area (Å²) in [5.74, 6) is 0. The Morgan fingerprint density at radius 3 is 2.88 bits per heavy atom. The number of ether oxygens (including phenoxy) is 2. The zero-order chi connectivity index (χ0) is 11.7. The van der Waals surface area contributed by atoms with Gasteiger partial charge in [-0.15, -0.1) is 11.3 Å². The average Bonchev–Trinajstić information content (AvgIpc) is 2.94. The number of hydrogen-bond acceptors (Lipinski definition) is 4. The van der Waals surface area contributed by atoms with Crippen LogP contribution >= 0.6 is 11.3 Å². The third-order valence-electron chi connectivity index (χ3n) is 3.93. The molecular weight excluding hydrogens is 234 g/mol. The Balaban J connectivity index is 1.78. The van der Waals surface area contributed by atoms with E-state index in [0.717, 1.165) is 45.9 Å². The van der Waals surface area contributed by atoms with Crippen LogP contribution in [0.3, 0.4) is 0 Å². The first-order valence-corrected chi connectivity index (χ1v) is 7.12.